The monoisotopic (exact) mass is 265 g/mol. The van der Waals surface area contributed by atoms with Crippen LogP contribution in [-0.4, -0.2) is 15.0 Å². The summed E-state index contributed by atoms with van der Waals surface area (Å²) in [5.74, 6) is 0. The normalized spacial score (nSPS) is 10.2. The van der Waals surface area contributed by atoms with Crippen molar-refractivity contribution in [3.8, 4) is 6.01 Å². The predicted octanol–water partition coefficient (Wildman–Crippen LogP) is 2.06. The third-order valence-electron chi connectivity index (χ3n) is 2.01. The van der Waals surface area contributed by atoms with E-state index in [1.165, 1.54) is 0 Å². The van der Waals surface area contributed by atoms with Gasteiger partial charge in [0.25, 0.3) is 0 Å². The van der Waals surface area contributed by atoms with E-state index in [1.54, 1.807) is 17.4 Å². The minimum absolute atomic E-state index is 0.247. The summed E-state index contributed by atoms with van der Waals surface area (Å²) in [5, 5.41) is 2.00. The molecule has 0 radical (unpaired) electrons. The molecule has 0 bridgehead atoms. The minimum atomic E-state index is 0.247. The van der Waals surface area contributed by atoms with Crippen molar-refractivity contribution < 1.29 is 4.74 Å². The molecule has 0 atom stereocenters. The molecule has 0 unspecified atom stereocenters. The quantitative estimate of drug-likeness (QED) is 0.857. The Balaban J connectivity index is 2.13. The molecule has 0 aliphatic rings. The van der Waals surface area contributed by atoms with Gasteiger partial charge in [0.2, 0.25) is 0 Å². The van der Waals surface area contributed by atoms with Gasteiger partial charge in [0.1, 0.15) is 17.3 Å². The average molecular weight is 265 g/mol. The second-order valence-electron chi connectivity index (χ2n) is 3.41. The molecule has 2 heterocycles. The van der Waals surface area contributed by atoms with Crippen LogP contribution in [0.2, 0.25) is 0 Å². The van der Waals surface area contributed by atoms with Crippen LogP contribution in [0.5, 0.6) is 6.01 Å². The molecule has 0 saturated heterocycles. The van der Waals surface area contributed by atoms with Crippen molar-refractivity contribution in [2.45, 2.75) is 13.5 Å². The lowest BCUT2D eigenvalue weighted by atomic mass is 10.3. The number of hydrogen-bond donors (Lipinski definition) is 1. The molecule has 0 amide bonds. The first-order valence-electron chi connectivity index (χ1n) is 4.96. The first-order valence-corrected chi connectivity index (χ1v) is 6.24. The highest BCUT2D eigenvalue weighted by Crippen LogP contribution is 2.13. The third kappa shape index (κ3) is 3.21. The highest BCUT2D eigenvalue weighted by molar-refractivity contribution is 7.80. The molecule has 2 aromatic rings. The Morgan fingerprint density at radius 1 is 1.53 bits per heavy atom. The summed E-state index contributed by atoms with van der Waals surface area (Å²) in [6.45, 7) is 2.30. The summed E-state index contributed by atoms with van der Waals surface area (Å²) in [6, 6.07) is 6.01. The molecule has 2 rings (SSSR count). The summed E-state index contributed by atoms with van der Waals surface area (Å²) in [6.07, 6.45) is 0. The van der Waals surface area contributed by atoms with Crippen LogP contribution in [0.4, 0.5) is 0 Å². The van der Waals surface area contributed by atoms with Crippen LogP contribution >= 0.6 is 23.6 Å². The zero-order valence-electron chi connectivity index (χ0n) is 9.21. The Morgan fingerprint density at radius 2 is 2.35 bits per heavy atom. The molecule has 0 spiro atoms. The lowest BCUT2D eigenvalue weighted by Crippen LogP contribution is -2.13. The van der Waals surface area contributed by atoms with Crippen LogP contribution in [0.3, 0.4) is 0 Å². The maximum atomic E-state index is 5.53. The molecule has 4 nitrogen and oxygen atoms in total. The van der Waals surface area contributed by atoms with Crippen LogP contribution < -0.4 is 10.5 Å². The Hall–Kier alpha value is -1.53. The van der Waals surface area contributed by atoms with Crippen molar-refractivity contribution in [1.82, 2.24) is 9.97 Å². The van der Waals surface area contributed by atoms with Gasteiger partial charge < -0.3 is 10.5 Å². The summed E-state index contributed by atoms with van der Waals surface area (Å²) in [7, 11) is 0. The maximum Gasteiger partial charge on any atom is 0.317 e. The van der Waals surface area contributed by atoms with E-state index in [0.717, 1.165) is 10.6 Å². The lowest BCUT2D eigenvalue weighted by Gasteiger charge is -2.05. The number of hydrogen-bond acceptors (Lipinski definition) is 5. The second-order valence-corrected chi connectivity index (χ2v) is 4.88. The average Bonchev–Trinajstić information content (AvgIpc) is 2.78. The second kappa shape index (κ2) is 5.20. The number of rotatable bonds is 4. The van der Waals surface area contributed by atoms with E-state index in [0.29, 0.717) is 18.3 Å². The van der Waals surface area contributed by atoms with Gasteiger partial charge in [-0.2, -0.15) is 4.98 Å². The molecule has 0 aromatic carbocycles. The Kier molecular flexibility index (Phi) is 3.65. The number of ether oxygens (including phenoxy) is 1. The van der Waals surface area contributed by atoms with Crippen LogP contribution in [-0.2, 0) is 6.61 Å². The molecular weight excluding hydrogens is 254 g/mol. The molecule has 2 aromatic heterocycles. The Bertz CT molecular complexity index is 526. The standard InChI is InChI=1S/C11H11N3OS2/c1-7-5-9(10(12)16)14-11(13-7)15-6-8-3-2-4-17-8/h2-5H,6H2,1H3,(H2,12,16). The number of thiocarbonyl (C=S) groups is 1. The van der Waals surface area contributed by atoms with Crippen molar-refractivity contribution >= 4 is 28.5 Å². The van der Waals surface area contributed by atoms with Gasteiger partial charge in [0, 0.05) is 10.6 Å². The molecule has 6 heteroatoms. The molecule has 88 valence electrons. The van der Waals surface area contributed by atoms with E-state index < -0.39 is 0 Å². The van der Waals surface area contributed by atoms with Gasteiger partial charge >= 0.3 is 6.01 Å². The fourth-order valence-electron chi connectivity index (χ4n) is 1.26. The molecule has 17 heavy (non-hydrogen) atoms. The van der Waals surface area contributed by atoms with Gasteiger partial charge in [0.15, 0.2) is 0 Å². The van der Waals surface area contributed by atoms with E-state index in [1.807, 2.05) is 24.4 Å². The lowest BCUT2D eigenvalue weighted by molar-refractivity contribution is 0.283. The van der Waals surface area contributed by atoms with Gasteiger partial charge in [-0.15, -0.1) is 11.3 Å². The van der Waals surface area contributed by atoms with Gasteiger partial charge in [-0.25, -0.2) is 4.98 Å². The number of aryl methyl sites for hydroxylation is 1. The Labute approximate surface area is 108 Å². The zero-order valence-corrected chi connectivity index (χ0v) is 10.8. The van der Waals surface area contributed by atoms with E-state index in [-0.39, 0.29) is 4.99 Å². The van der Waals surface area contributed by atoms with Crippen molar-refractivity contribution in [2.75, 3.05) is 0 Å². The zero-order chi connectivity index (χ0) is 12.3. The first kappa shape index (κ1) is 11.9. The molecule has 0 aliphatic heterocycles. The van der Waals surface area contributed by atoms with Crippen LogP contribution in [0.1, 0.15) is 16.3 Å². The predicted molar refractivity (Wildman–Crippen MR) is 71.3 cm³/mol. The smallest absolute Gasteiger partial charge is 0.317 e. The molecule has 0 fully saturated rings. The summed E-state index contributed by atoms with van der Waals surface area (Å²) >= 11 is 6.50. The van der Waals surface area contributed by atoms with Gasteiger partial charge in [-0.3, -0.25) is 0 Å². The number of nitrogens with zero attached hydrogens (tertiary/aromatic N) is 2. The van der Waals surface area contributed by atoms with Crippen LogP contribution in [0, 0.1) is 6.92 Å². The van der Waals surface area contributed by atoms with Gasteiger partial charge in [-0.05, 0) is 24.4 Å². The summed E-state index contributed by atoms with van der Waals surface area (Å²) in [5.41, 5.74) is 6.85. The number of aromatic nitrogens is 2. The molecule has 0 aliphatic carbocycles. The maximum absolute atomic E-state index is 5.53. The van der Waals surface area contributed by atoms with Crippen molar-refractivity contribution in [2.24, 2.45) is 5.73 Å². The highest BCUT2D eigenvalue weighted by Gasteiger charge is 2.06. The van der Waals surface area contributed by atoms with Gasteiger partial charge in [0.05, 0.1) is 0 Å². The fraction of sp³-hybridized carbons (Fsp3) is 0.182. The first-order chi connectivity index (χ1) is 8.15. The van der Waals surface area contributed by atoms with E-state index in [9.17, 15) is 0 Å². The molecular formula is C11H11N3OS2. The van der Waals surface area contributed by atoms with Crippen molar-refractivity contribution in [1.29, 1.82) is 0 Å². The number of nitrogens with two attached hydrogens (primary N) is 1. The van der Waals surface area contributed by atoms with Crippen molar-refractivity contribution in [3.05, 3.63) is 39.8 Å². The SMILES string of the molecule is Cc1cc(C(N)=S)nc(OCc2cccs2)n1. The summed E-state index contributed by atoms with van der Waals surface area (Å²) in [4.78, 5) is 9.67. The largest absolute Gasteiger partial charge is 0.458 e. The van der Waals surface area contributed by atoms with Crippen LogP contribution in [0.25, 0.3) is 0 Å². The summed E-state index contributed by atoms with van der Waals surface area (Å²) < 4.78 is 5.50. The highest BCUT2D eigenvalue weighted by atomic mass is 32.1. The molecule has 2 N–H and O–H groups in total. The topological polar surface area (TPSA) is 61.0 Å². The van der Waals surface area contributed by atoms with E-state index >= 15 is 0 Å². The van der Waals surface area contributed by atoms with E-state index in [2.05, 4.69) is 9.97 Å². The van der Waals surface area contributed by atoms with Gasteiger partial charge in [-0.1, -0.05) is 18.3 Å². The third-order valence-corrected chi connectivity index (χ3v) is 3.07. The van der Waals surface area contributed by atoms with Crippen LogP contribution in [0.15, 0.2) is 23.6 Å². The van der Waals surface area contributed by atoms with E-state index in [4.69, 9.17) is 22.7 Å². The number of thiophene rings is 1. The fourth-order valence-corrected chi connectivity index (χ4v) is 1.98. The molecule has 0 saturated carbocycles. The Morgan fingerprint density at radius 3 is 3.00 bits per heavy atom. The minimum Gasteiger partial charge on any atom is -0.458 e. The van der Waals surface area contributed by atoms with Crippen molar-refractivity contribution in [3.63, 3.8) is 0 Å².